The Kier molecular flexibility index (Phi) is 29.0. The summed E-state index contributed by atoms with van der Waals surface area (Å²) in [5, 5.41) is 0. The Morgan fingerprint density at radius 1 is 0.312 bits per heavy atom. The molecule has 0 bridgehead atoms. The average molecular weight is 1190 g/mol. The second-order valence-electron chi connectivity index (χ2n) is 20.5. The number of ether oxygens (including phenoxy) is 5. The fourth-order valence-corrected chi connectivity index (χ4v) is 9.38. The van der Waals surface area contributed by atoms with Crippen LogP contribution in [0.1, 0.15) is 221 Å². The highest BCUT2D eigenvalue weighted by Gasteiger charge is 2.21. The SMILES string of the molecule is CCCCCCCCCCCCCCOc1ccc(C#Cc2ccc(OC(=O)c3cc(C(=O)Oc4ccc(I)cc4)cc(C(=O)Oc4ccc(C#Cc5ccc(OCCCCCCCCCCCCCC)cc5)cc4)c3)cc2)cc1. The summed E-state index contributed by atoms with van der Waals surface area (Å²) in [6, 6.07) is 40.0. The lowest BCUT2D eigenvalue weighted by atomic mass is 10.1. The summed E-state index contributed by atoms with van der Waals surface area (Å²) in [5.74, 6) is 12.8. The molecule has 80 heavy (non-hydrogen) atoms. The molecule has 0 aliphatic carbocycles. The van der Waals surface area contributed by atoms with E-state index in [2.05, 4.69) is 60.1 Å². The van der Waals surface area contributed by atoms with Crippen LogP contribution in [0.15, 0.2) is 140 Å². The predicted molar refractivity (Wildman–Crippen MR) is 331 cm³/mol. The van der Waals surface area contributed by atoms with Gasteiger partial charge in [-0.05, 0) is 175 Å². The van der Waals surface area contributed by atoms with E-state index in [1.54, 1.807) is 72.8 Å². The van der Waals surface area contributed by atoms with E-state index in [9.17, 15) is 14.4 Å². The molecule has 0 unspecified atom stereocenters. The largest absolute Gasteiger partial charge is 0.494 e. The average Bonchev–Trinajstić information content (AvgIpc) is 3.48. The maximum Gasteiger partial charge on any atom is 0.343 e. The van der Waals surface area contributed by atoms with Gasteiger partial charge in [-0.2, -0.15) is 0 Å². The van der Waals surface area contributed by atoms with E-state index in [0.717, 1.165) is 50.2 Å². The Labute approximate surface area is 491 Å². The lowest BCUT2D eigenvalue weighted by molar-refractivity contribution is 0.0734. The molecule has 6 rings (SSSR count). The molecule has 0 heterocycles. The van der Waals surface area contributed by atoms with Gasteiger partial charge in [0.2, 0.25) is 0 Å². The molecule has 0 amide bonds. The lowest BCUT2D eigenvalue weighted by Crippen LogP contribution is -2.16. The third kappa shape index (κ3) is 24.7. The lowest BCUT2D eigenvalue weighted by Gasteiger charge is -2.11. The van der Waals surface area contributed by atoms with Crippen molar-refractivity contribution in [3.05, 3.63) is 182 Å². The Hall–Kier alpha value is -6.82. The fourth-order valence-electron chi connectivity index (χ4n) is 9.02. The standard InChI is InChI=1S/C71H81IO8/c1-3-5-7-9-11-13-15-17-19-21-23-25-51-76-64-41-31-56(32-42-64)27-29-58-35-45-66(46-36-58)78-69(73)60-53-61(55-62(54-60)71(75)80-68-49-39-63(72)40-50-68)70(74)79-67-47-37-59(38-48-67)30-28-57-33-43-65(44-34-57)77-52-26-24-22-20-18-16-14-12-10-8-6-4-2/h31-50,53-55H,3-26,51-52H2,1-2H3. The van der Waals surface area contributed by atoms with Crippen LogP contribution in [0.3, 0.4) is 0 Å². The van der Waals surface area contributed by atoms with Gasteiger partial charge in [-0.3, -0.25) is 0 Å². The zero-order chi connectivity index (χ0) is 56.2. The highest BCUT2D eigenvalue weighted by molar-refractivity contribution is 14.1. The number of hydrogen-bond acceptors (Lipinski definition) is 8. The molecule has 420 valence electrons. The molecular formula is C71H81IO8. The minimum Gasteiger partial charge on any atom is -0.494 e. The van der Waals surface area contributed by atoms with Crippen LogP contribution in [-0.2, 0) is 0 Å². The van der Waals surface area contributed by atoms with Crippen molar-refractivity contribution in [2.45, 2.75) is 168 Å². The van der Waals surface area contributed by atoms with Gasteiger partial charge in [0.05, 0.1) is 29.9 Å². The van der Waals surface area contributed by atoms with Crippen molar-refractivity contribution in [3.63, 3.8) is 0 Å². The molecule has 0 aliphatic heterocycles. The van der Waals surface area contributed by atoms with Crippen molar-refractivity contribution in [1.82, 2.24) is 0 Å². The molecule has 9 heteroatoms. The van der Waals surface area contributed by atoms with Gasteiger partial charge in [0, 0.05) is 25.8 Å². The van der Waals surface area contributed by atoms with Crippen LogP contribution in [-0.4, -0.2) is 31.1 Å². The van der Waals surface area contributed by atoms with Gasteiger partial charge in [-0.25, -0.2) is 14.4 Å². The van der Waals surface area contributed by atoms with Gasteiger partial charge < -0.3 is 23.7 Å². The monoisotopic (exact) mass is 1190 g/mol. The Morgan fingerprint density at radius 3 is 0.800 bits per heavy atom. The Balaban J connectivity index is 0.965. The van der Waals surface area contributed by atoms with Crippen LogP contribution in [0.2, 0.25) is 0 Å². The van der Waals surface area contributed by atoms with E-state index >= 15 is 0 Å². The summed E-state index contributed by atoms with van der Waals surface area (Å²) in [6.45, 7) is 5.95. The third-order valence-corrected chi connectivity index (χ3v) is 14.5. The molecule has 0 atom stereocenters. The van der Waals surface area contributed by atoms with Gasteiger partial charge >= 0.3 is 17.9 Å². The van der Waals surface area contributed by atoms with E-state index in [1.165, 1.54) is 159 Å². The molecule has 0 fully saturated rings. The van der Waals surface area contributed by atoms with Crippen molar-refractivity contribution in [2.75, 3.05) is 13.2 Å². The molecule has 0 spiro atoms. The maximum atomic E-state index is 13.7. The fraction of sp³-hybridized carbons (Fsp3) is 0.394. The molecule has 6 aromatic carbocycles. The van der Waals surface area contributed by atoms with Gasteiger partial charge in [0.1, 0.15) is 28.7 Å². The Bertz CT molecular complexity index is 2720. The first-order valence-electron chi connectivity index (χ1n) is 29.5. The summed E-state index contributed by atoms with van der Waals surface area (Å²) in [6.07, 6.45) is 31.5. The van der Waals surface area contributed by atoms with Crippen LogP contribution in [0.4, 0.5) is 0 Å². The van der Waals surface area contributed by atoms with Gasteiger partial charge in [-0.1, -0.05) is 179 Å². The zero-order valence-corrected chi connectivity index (χ0v) is 49.5. The second kappa shape index (κ2) is 37.2. The first-order chi connectivity index (χ1) is 39.2. The van der Waals surface area contributed by atoms with Crippen molar-refractivity contribution < 1.29 is 38.1 Å². The zero-order valence-electron chi connectivity index (χ0n) is 47.3. The third-order valence-electron chi connectivity index (χ3n) is 13.7. The van der Waals surface area contributed by atoms with Gasteiger partial charge in [0.25, 0.3) is 0 Å². The number of esters is 3. The van der Waals surface area contributed by atoms with Gasteiger partial charge in [-0.15, -0.1) is 0 Å². The summed E-state index contributed by atoms with van der Waals surface area (Å²) in [5.41, 5.74) is 2.99. The number of unbranched alkanes of at least 4 members (excludes halogenated alkanes) is 22. The smallest absolute Gasteiger partial charge is 0.343 e. The number of benzene rings is 6. The molecule has 6 aromatic rings. The summed E-state index contributed by atoms with van der Waals surface area (Å²) >= 11 is 2.16. The topological polar surface area (TPSA) is 97.4 Å². The van der Waals surface area contributed by atoms with Gasteiger partial charge in [0.15, 0.2) is 0 Å². The number of hydrogen-bond donors (Lipinski definition) is 0. The maximum absolute atomic E-state index is 13.7. The van der Waals surface area contributed by atoms with Crippen molar-refractivity contribution in [2.24, 2.45) is 0 Å². The van der Waals surface area contributed by atoms with Crippen LogP contribution in [0.25, 0.3) is 0 Å². The van der Waals surface area contributed by atoms with Crippen molar-refractivity contribution >= 4 is 40.5 Å². The second-order valence-corrected chi connectivity index (χ2v) is 21.7. The molecule has 0 N–H and O–H groups in total. The summed E-state index contributed by atoms with van der Waals surface area (Å²) < 4.78 is 30.0. The van der Waals surface area contributed by atoms with E-state index in [1.807, 2.05) is 48.5 Å². The first-order valence-corrected chi connectivity index (χ1v) is 30.6. The van der Waals surface area contributed by atoms with Crippen molar-refractivity contribution in [1.29, 1.82) is 0 Å². The quantitative estimate of drug-likeness (QED) is 0.0130. The van der Waals surface area contributed by atoms with E-state index in [-0.39, 0.29) is 28.2 Å². The van der Waals surface area contributed by atoms with Crippen molar-refractivity contribution in [3.8, 4) is 52.4 Å². The minimum atomic E-state index is -0.789. The number of halogens is 1. The molecule has 0 radical (unpaired) electrons. The number of carbonyl (C=O) groups excluding carboxylic acids is 3. The predicted octanol–water partition coefficient (Wildman–Crippen LogP) is 18.9. The van der Waals surface area contributed by atoms with E-state index < -0.39 is 17.9 Å². The summed E-state index contributed by atoms with van der Waals surface area (Å²) in [7, 11) is 0. The minimum absolute atomic E-state index is 0.0421. The van der Waals surface area contributed by atoms with Crippen LogP contribution < -0.4 is 23.7 Å². The molecule has 0 saturated carbocycles. The molecule has 0 saturated heterocycles. The highest BCUT2D eigenvalue weighted by Crippen LogP contribution is 2.23. The number of carbonyl (C=O) groups is 3. The molecule has 0 aliphatic rings. The van der Waals surface area contributed by atoms with Crippen LogP contribution in [0, 0.1) is 27.3 Å². The van der Waals surface area contributed by atoms with Crippen LogP contribution in [0.5, 0.6) is 28.7 Å². The molecule has 8 nitrogen and oxygen atoms in total. The van der Waals surface area contributed by atoms with E-state index in [0.29, 0.717) is 19.0 Å². The van der Waals surface area contributed by atoms with E-state index in [4.69, 9.17) is 23.7 Å². The normalized spacial score (nSPS) is 10.7. The molecular weight excluding hydrogens is 1110 g/mol. The first kappa shape index (κ1) is 62.4. The van der Waals surface area contributed by atoms with Crippen LogP contribution >= 0.6 is 22.6 Å². The summed E-state index contributed by atoms with van der Waals surface area (Å²) in [4.78, 5) is 40.9. The molecule has 0 aromatic heterocycles. The number of rotatable bonds is 34. The highest BCUT2D eigenvalue weighted by atomic mass is 127. The Morgan fingerprint density at radius 2 is 0.537 bits per heavy atom.